The number of amides is 4. The number of carboxylic acid groups (broad SMARTS) is 1. The van der Waals surface area contributed by atoms with Crippen LogP contribution in [0.1, 0.15) is 44.9 Å². The Balaban J connectivity index is 2.24. The van der Waals surface area contributed by atoms with Crippen LogP contribution in [-0.4, -0.2) is 104 Å². The highest BCUT2D eigenvalue weighted by Gasteiger charge is 2.25. The summed E-state index contributed by atoms with van der Waals surface area (Å²) < 4.78 is 0. The maximum atomic E-state index is 12.0. The van der Waals surface area contributed by atoms with E-state index >= 15 is 0 Å². The summed E-state index contributed by atoms with van der Waals surface area (Å²) in [6.07, 6.45) is -0.981. The van der Waals surface area contributed by atoms with E-state index in [-0.39, 0.29) is 50.6 Å². The van der Waals surface area contributed by atoms with E-state index in [0.29, 0.717) is 19.3 Å². The molecule has 0 saturated carbocycles. The van der Waals surface area contributed by atoms with Gasteiger partial charge in [-0.1, -0.05) is 6.42 Å². The molecule has 0 aliphatic carbocycles. The first-order chi connectivity index (χ1) is 16.1. The van der Waals surface area contributed by atoms with E-state index in [1.165, 1.54) is 12.2 Å². The summed E-state index contributed by atoms with van der Waals surface area (Å²) in [6.45, 7) is -0.535. The number of unbranched alkanes of at least 4 members (excludes halogenated alkanes) is 2. The topological polar surface area (TPSA) is 214 Å². The Hall–Kier alpha value is -2.87. The third-order valence-corrected chi connectivity index (χ3v) is 5.22. The van der Waals surface area contributed by atoms with Gasteiger partial charge in [-0.15, -0.1) is 0 Å². The average Bonchev–Trinajstić information content (AvgIpc) is 3.12. The maximum absolute atomic E-state index is 12.0. The highest BCUT2D eigenvalue weighted by atomic mass is 16.4. The minimum Gasteiger partial charge on any atom is -0.480 e. The van der Waals surface area contributed by atoms with E-state index in [1.807, 2.05) is 0 Å². The largest absolute Gasteiger partial charge is 0.480 e. The zero-order valence-corrected chi connectivity index (χ0v) is 18.8. The third-order valence-electron chi connectivity index (χ3n) is 5.22. The summed E-state index contributed by atoms with van der Waals surface area (Å²) in [6, 6.07) is -1.27. The highest BCUT2D eigenvalue weighted by molar-refractivity contribution is 6.12. The standard InChI is InChI=1S/C21H33N3O10/c25-12-15(27)20(32)14(26)9-10-22-16(28)6-5-13(21(33)34)23-17(29)4-2-1-3-11-24-18(30)7-8-19(24)31/h7-8,13-15,20,25-27,32H,1-6,9-12H2,(H,22,28)(H,23,29)(H,33,34)/t13-,14+,15+,20-/m0/s1. The molecule has 1 rings (SSSR count). The summed E-state index contributed by atoms with van der Waals surface area (Å²) in [5.41, 5.74) is 0. The molecule has 34 heavy (non-hydrogen) atoms. The lowest BCUT2D eigenvalue weighted by molar-refractivity contribution is -0.142. The van der Waals surface area contributed by atoms with Crippen molar-refractivity contribution in [1.82, 2.24) is 15.5 Å². The number of carboxylic acids is 1. The Kier molecular flexibility index (Phi) is 13.0. The number of rotatable bonds is 17. The summed E-state index contributed by atoms with van der Waals surface area (Å²) in [4.78, 5) is 59.3. The van der Waals surface area contributed by atoms with Crippen LogP contribution in [0.4, 0.5) is 0 Å². The number of nitrogens with zero attached hydrogens (tertiary/aromatic N) is 1. The molecule has 0 saturated heterocycles. The van der Waals surface area contributed by atoms with Crippen molar-refractivity contribution in [1.29, 1.82) is 0 Å². The van der Waals surface area contributed by atoms with Gasteiger partial charge >= 0.3 is 5.97 Å². The minimum absolute atomic E-state index is 0.0516. The summed E-state index contributed by atoms with van der Waals surface area (Å²) in [5.74, 6) is -3.06. The first kappa shape index (κ1) is 29.2. The Morgan fingerprint density at radius 1 is 0.882 bits per heavy atom. The molecule has 0 unspecified atom stereocenters. The molecule has 4 amide bonds. The van der Waals surface area contributed by atoms with Gasteiger partial charge in [-0.2, -0.15) is 0 Å². The summed E-state index contributed by atoms with van der Waals surface area (Å²) in [5, 5.41) is 51.2. The van der Waals surface area contributed by atoms with Crippen molar-refractivity contribution in [3.05, 3.63) is 12.2 Å². The van der Waals surface area contributed by atoms with Crippen LogP contribution >= 0.6 is 0 Å². The van der Waals surface area contributed by atoms with Crippen LogP contribution in [0.3, 0.4) is 0 Å². The van der Waals surface area contributed by atoms with Crippen molar-refractivity contribution < 1.29 is 49.5 Å². The zero-order valence-electron chi connectivity index (χ0n) is 18.8. The van der Waals surface area contributed by atoms with Crippen molar-refractivity contribution in [2.75, 3.05) is 19.7 Å². The molecule has 1 aliphatic rings. The highest BCUT2D eigenvalue weighted by Crippen LogP contribution is 2.08. The van der Waals surface area contributed by atoms with Crippen LogP contribution in [0.15, 0.2) is 12.2 Å². The molecular weight excluding hydrogens is 454 g/mol. The second kappa shape index (κ2) is 15.1. The first-order valence-electron chi connectivity index (χ1n) is 11.0. The van der Waals surface area contributed by atoms with Crippen molar-refractivity contribution in [3.63, 3.8) is 0 Å². The van der Waals surface area contributed by atoms with Crippen molar-refractivity contribution >= 4 is 29.6 Å². The number of aliphatic hydroxyl groups is 4. The predicted molar refractivity (Wildman–Crippen MR) is 116 cm³/mol. The van der Waals surface area contributed by atoms with Crippen molar-refractivity contribution in [3.8, 4) is 0 Å². The zero-order chi connectivity index (χ0) is 25.7. The second-order valence-corrected chi connectivity index (χ2v) is 7.92. The molecular formula is C21H33N3O10. The van der Waals surface area contributed by atoms with Crippen LogP contribution in [0.5, 0.6) is 0 Å². The van der Waals surface area contributed by atoms with Gasteiger partial charge in [-0.3, -0.25) is 24.1 Å². The molecule has 192 valence electrons. The number of carbonyl (C=O) groups is 5. The Morgan fingerprint density at radius 2 is 1.53 bits per heavy atom. The molecule has 0 bridgehead atoms. The molecule has 0 spiro atoms. The molecule has 0 aromatic carbocycles. The fraction of sp³-hybridized carbons (Fsp3) is 0.667. The van der Waals surface area contributed by atoms with E-state index in [1.54, 1.807) is 0 Å². The van der Waals surface area contributed by atoms with E-state index in [4.69, 9.17) is 5.11 Å². The number of aliphatic hydroxyl groups excluding tert-OH is 4. The molecule has 0 aromatic heterocycles. The van der Waals surface area contributed by atoms with Gasteiger partial charge in [0.25, 0.3) is 11.8 Å². The van der Waals surface area contributed by atoms with Gasteiger partial charge in [-0.05, 0) is 25.7 Å². The molecule has 0 radical (unpaired) electrons. The number of hydrogen-bond acceptors (Lipinski definition) is 9. The van der Waals surface area contributed by atoms with Crippen LogP contribution in [0.25, 0.3) is 0 Å². The normalized spacial score (nSPS) is 16.8. The van der Waals surface area contributed by atoms with Crippen molar-refractivity contribution in [2.24, 2.45) is 0 Å². The van der Waals surface area contributed by atoms with Crippen LogP contribution < -0.4 is 10.6 Å². The van der Waals surface area contributed by atoms with E-state index in [0.717, 1.165) is 4.90 Å². The quantitative estimate of drug-likeness (QED) is 0.0839. The first-order valence-corrected chi connectivity index (χ1v) is 11.0. The van der Waals surface area contributed by atoms with Gasteiger partial charge in [0, 0.05) is 38.1 Å². The van der Waals surface area contributed by atoms with Gasteiger partial charge in [0.1, 0.15) is 18.2 Å². The van der Waals surface area contributed by atoms with Crippen molar-refractivity contribution in [2.45, 2.75) is 69.3 Å². The van der Waals surface area contributed by atoms with Gasteiger partial charge in [-0.25, -0.2) is 4.79 Å². The van der Waals surface area contributed by atoms with Crippen LogP contribution in [0, 0.1) is 0 Å². The maximum Gasteiger partial charge on any atom is 0.326 e. The lowest BCUT2D eigenvalue weighted by atomic mass is 10.1. The van der Waals surface area contributed by atoms with Gasteiger partial charge < -0.3 is 36.2 Å². The van der Waals surface area contributed by atoms with E-state index in [9.17, 15) is 44.4 Å². The fourth-order valence-electron chi connectivity index (χ4n) is 3.17. The van der Waals surface area contributed by atoms with Gasteiger partial charge in [0.15, 0.2) is 0 Å². The number of imide groups is 1. The molecule has 13 heteroatoms. The minimum atomic E-state index is -1.57. The van der Waals surface area contributed by atoms with Gasteiger partial charge in [0.05, 0.1) is 12.7 Å². The number of nitrogens with one attached hydrogen (secondary N) is 2. The number of hydrogen-bond donors (Lipinski definition) is 7. The predicted octanol–water partition coefficient (Wildman–Crippen LogP) is -2.60. The van der Waals surface area contributed by atoms with E-state index < -0.39 is 48.7 Å². The molecule has 1 aliphatic heterocycles. The fourth-order valence-corrected chi connectivity index (χ4v) is 3.17. The Bertz CT molecular complexity index is 739. The summed E-state index contributed by atoms with van der Waals surface area (Å²) in [7, 11) is 0. The monoisotopic (exact) mass is 487 g/mol. The molecule has 7 N–H and O–H groups in total. The molecule has 13 nitrogen and oxygen atoms in total. The molecule has 4 atom stereocenters. The lowest BCUT2D eigenvalue weighted by Gasteiger charge is -2.21. The van der Waals surface area contributed by atoms with Crippen LogP contribution in [-0.2, 0) is 24.0 Å². The molecule has 1 heterocycles. The molecule has 0 fully saturated rings. The smallest absolute Gasteiger partial charge is 0.326 e. The molecule has 0 aromatic rings. The number of aliphatic carboxylic acids is 1. The summed E-state index contributed by atoms with van der Waals surface area (Å²) >= 11 is 0. The third kappa shape index (κ3) is 10.4. The number of carbonyl (C=O) groups excluding carboxylic acids is 4. The van der Waals surface area contributed by atoms with Crippen LogP contribution in [0.2, 0.25) is 0 Å². The average molecular weight is 488 g/mol. The second-order valence-electron chi connectivity index (χ2n) is 7.92. The Labute approximate surface area is 196 Å². The Morgan fingerprint density at radius 3 is 2.12 bits per heavy atom. The van der Waals surface area contributed by atoms with E-state index in [2.05, 4.69) is 10.6 Å². The lowest BCUT2D eigenvalue weighted by Crippen LogP contribution is -2.42. The SMILES string of the molecule is O=C(CC[C@H](NC(=O)CCCCCN1C(=O)C=CC1=O)C(=O)O)NCC[C@@H](O)[C@H](O)[C@H](O)CO. The van der Waals surface area contributed by atoms with Gasteiger partial charge in [0.2, 0.25) is 11.8 Å².